The van der Waals surface area contributed by atoms with E-state index in [-0.39, 0.29) is 11.3 Å². The third kappa shape index (κ3) is 4.61. The van der Waals surface area contributed by atoms with Crippen LogP contribution in [0, 0.1) is 0 Å². The summed E-state index contributed by atoms with van der Waals surface area (Å²) in [7, 11) is 0. The minimum atomic E-state index is -4.87. The van der Waals surface area contributed by atoms with E-state index < -0.39 is 35.6 Å². The van der Waals surface area contributed by atoms with Crippen LogP contribution in [0.4, 0.5) is 18.9 Å². The lowest BCUT2D eigenvalue weighted by molar-refractivity contribution is -0.274. The summed E-state index contributed by atoms with van der Waals surface area (Å²) in [5.74, 6) is -2.77. The quantitative estimate of drug-likeness (QED) is 0.285. The molecule has 1 aliphatic heterocycles. The number of Topliss-reactive ketones (excluding diaryl/α,β-unsaturated/α-hetero) is 1. The zero-order valence-electron chi connectivity index (χ0n) is 16.6. The van der Waals surface area contributed by atoms with Crippen molar-refractivity contribution >= 4 is 39.1 Å². The maximum Gasteiger partial charge on any atom is 0.573 e. The lowest BCUT2D eigenvalue weighted by Gasteiger charge is -2.24. The first-order valence-electron chi connectivity index (χ1n) is 9.49. The SMILES string of the molecule is O=C1C(=O)N(c2ccc(OC(F)(F)F)cc2)C(c2ccccn2)/C1=C(/O)c1ccc(Br)cc1. The first-order chi connectivity index (χ1) is 15.7. The average molecular weight is 519 g/mol. The van der Waals surface area contributed by atoms with E-state index in [1.807, 2.05) is 0 Å². The van der Waals surface area contributed by atoms with Crippen molar-refractivity contribution in [2.24, 2.45) is 0 Å². The van der Waals surface area contributed by atoms with E-state index >= 15 is 0 Å². The number of carbonyl (C=O) groups excluding carboxylic acids is 2. The van der Waals surface area contributed by atoms with Gasteiger partial charge in [0.25, 0.3) is 11.7 Å². The normalized spacial score (nSPS) is 17.9. The Balaban J connectivity index is 1.83. The number of nitrogens with zero attached hydrogens (tertiary/aromatic N) is 2. The zero-order chi connectivity index (χ0) is 23.8. The summed E-state index contributed by atoms with van der Waals surface area (Å²) in [5, 5.41) is 11.0. The fraction of sp³-hybridized carbons (Fsp3) is 0.0870. The predicted molar refractivity (Wildman–Crippen MR) is 116 cm³/mol. The summed E-state index contributed by atoms with van der Waals surface area (Å²) in [6.07, 6.45) is -3.40. The maximum atomic E-state index is 13.0. The molecule has 2 heterocycles. The van der Waals surface area contributed by atoms with Gasteiger partial charge in [-0.25, -0.2) is 0 Å². The molecule has 3 aromatic rings. The van der Waals surface area contributed by atoms with Crippen LogP contribution in [0.15, 0.2) is 83.0 Å². The number of ketones is 1. The molecule has 6 nitrogen and oxygen atoms in total. The van der Waals surface area contributed by atoms with Gasteiger partial charge in [0, 0.05) is 21.9 Å². The summed E-state index contributed by atoms with van der Waals surface area (Å²) in [5.41, 5.74) is 0.561. The topological polar surface area (TPSA) is 79.7 Å². The fourth-order valence-electron chi connectivity index (χ4n) is 3.49. The van der Waals surface area contributed by atoms with Crippen LogP contribution in [-0.2, 0) is 9.59 Å². The number of halogens is 4. The summed E-state index contributed by atoms with van der Waals surface area (Å²) in [6.45, 7) is 0. The third-order valence-corrected chi connectivity index (χ3v) is 5.41. The molecule has 0 bridgehead atoms. The molecule has 1 unspecified atom stereocenters. The van der Waals surface area contributed by atoms with Crippen LogP contribution in [0.25, 0.3) is 5.76 Å². The highest BCUT2D eigenvalue weighted by Crippen LogP contribution is 2.42. The number of aliphatic hydroxyl groups is 1. The van der Waals surface area contributed by atoms with Gasteiger partial charge in [-0.2, -0.15) is 0 Å². The number of aliphatic hydroxyl groups excluding tert-OH is 1. The molecule has 168 valence electrons. The smallest absolute Gasteiger partial charge is 0.507 e. The number of alkyl halides is 3. The van der Waals surface area contributed by atoms with Gasteiger partial charge in [-0.3, -0.25) is 19.5 Å². The fourth-order valence-corrected chi connectivity index (χ4v) is 3.75. The highest BCUT2D eigenvalue weighted by atomic mass is 79.9. The van der Waals surface area contributed by atoms with Crippen molar-refractivity contribution in [1.82, 2.24) is 4.98 Å². The molecule has 4 rings (SSSR count). The molecule has 1 fully saturated rings. The first kappa shape index (κ1) is 22.5. The molecule has 1 saturated heterocycles. The standard InChI is InChI=1S/C23H14BrF3N2O4/c24-14-6-4-13(5-7-14)20(30)18-19(17-3-1-2-12-28-17)29(22(32)21(18)31)15-8-10-16(11-9-15)33-23(25,26)27/h1-12,19,30H/b20-18-. The molecule has 0 aliphatic carbocycles. The van der Waals surface area contributed by atoms with Crippen molar-refractivity contribution in [2.75, 3.05) is 4.90 Å². The van der Waals surface area contributed by atoms with E-state index in [9.17, 15) is 27.9 Å². The molecule has 0 spiro atoms. The second-order valence-electron chi connectivity index (χ2n) is 6.97. The van der Waals surface area contributed by atoms with Crippen molar-refractivity contribution in [2.45, 2.75) is 12.4 Å². The van der Waals surface area contributed by atoms with E-state index in [4.69, 9.17) is 0 Å². The molecule has 1 amide bonds. The summed E-state index contributed by atoms with van der Waals surface area (Å²) in [6, 6.07) is 14.8. The van der Waals surface area contributed by atoms with Crippen LogP contribution in [0.2, 0.25) is 0 Å². The van der Waals surface area contributed by atoms with Gasteiger partial charge >= 0.3 is 6.36 Å². The predicted octanol–water partition coefficient (Wildman–Crippen LogP) is 5.37. The van der Waals surface area contributed by atoms with E-state index in [0.717, 1.165) is 21.5 Å². The lowest BCUT2D eigenvalue weighted by atomic mass is 9.98. The van der Waals surface area contributed by atoms with Gasteiger partial charge in [0.05, 0.1) is 11.3 Å². The Bertz CT molecular complexity index is 1230. The van der Waals surface area contributed by atoms with Crippen LogP contribution in [0.1, 0.15) is 17.3 Å². The van der Waals surface area contributed by atoms with Crippen LogP contribution in [0.3, 0.4) is 0 Å². The highest BCUT2D eigenvalue weighted by Gasteiger charge is 2.47. The minimum Gasteiger partial charge on any atom is -0.507 e. The lowest BCUT2D eigenvalue weighted by Crippen LogP contribution is -2.29. The molecule has 0 saturated carbocycles. The monoisotopic (exact) mass is 518 g/mol. The Kier molecular flexibility index (Phi) is 5.94. The Morgan fingerprint density at radius 1 is 1.00 bits per heavy atom. The van der Waals surface area contributed by atoms with Crippen molar-refractivity contribution in [3.63, 3.8) is 0 Å². The van der Waals surface area contributed by atoms with Gasteiger partial charge < -0.3 is 9.84 Å². The van der Waals surface area contributed by atoms with E-state index in [1.165, 1.54) is 18.3 Å². The number of amides is 1. The van der Waals surface area contributed by atoms with Gasteiger partial charge in [-0.1, -0.05) is 34.1 Å². The number of ether oxygens (including phenoxy) is 1. The van der Waals surface area contributed by atoms with E-state index in [2.05, 4.69) is 25.7 Å². The molecule has 1 aromatic heterocycles. The zero-order valence-corrected chi connectivity index (χ0v) is 18.2. The van der Waals surface area contributed by atoms with Gasteiger partial charge in [0.15, 0.2) is 0 Å². The van der Waals surface area contributed by atoms with Gasteiger partial charge in [0.2, 0.25) is 0 Å². The van der Waals surface area contributed by atoms with Gasteiger partial charge in [-0.05, 0) is 48.5 Å². The van der Waals surface area contributed by atoms with Gasteiger partial charge in [0.1, 0.15) is 17.6 Å². The number of hydrogen-bond donors (Lipinski definition) is 1. The van der Waals surface area contributed by atoms with Crippen LogP contribution < -0.4 is 9.64 Å². The molecule has 0 radical (unpaired) electrons. The summed E-state index contributed by atoms with van der Waals surface area (Å²) in [4.78, 5) is 31.3. The van der Waals surface area contributed by atoms with Crippen molar-refractivity contribution < 1.29 is 32.6 Å². The molecule has 10 heteroatoms. The van der Waals surface area contributed by atoms with E-state index in [1.54, 1.807) is 42.5 Å². The average Bonchev–Trinajstić information content (AvgIpc) is 3.04. The largest absolute Gasteiger partial charge is 0.573 e. The molecule has 33 heavy (non-hydrogen) atoms. The van der Waals surface area contributed by atoms with Crippen LogP contribution >= 0.6 is 15.9 Å². The number of carbonyl (C=O) groups is 2. The number of hydrogen-bond acceptors (Lipinski definition) is 5. The number of pyridine rings is 1. The summed E-state index contributed by atoms with van der Waals surface area (Å²) >= 11 is 3.29. The number of rotatable bonds is 4. The van der Waals surface area contributed by atoms with Crippen molar-refractivity contribution in [3.05, 3.63) is 94.2 Å². The van der Waals surface area contributed by atoms with Crippen LogP contribution in [-0.4, -0.2) is 28.1 Å². The van der Waals surface area contributed by atoms with Crippen LogP contribution in [0.5, 0.6) is 5.75 Å². The summed E-state index contributed by atoms with van der Waals surface area (Å²) < 4.78 is 42.1. The first-order valence-corrected chi connectivity index (χ1v) is 10.3. The Morgan fingerprint density at radius 2 is 1.67 bits per heavy atom. The number of aromatic nitrogens is 1. The molecule has 2 aromatic carbocycles. The number of benzene rings is 2. The third-order valence-electron chi connectivity index (χ3n) is 4.88. The Hall–Kier alpha value is -3.66. The second kappa shape index (κ2) is 8.70. The Labute approximate surface area is 194 Å². The Morgan fingerprint density at radius 3 is 2.24 bits per heavy atom. The van der Waals surface area contributed by atoms with Gasteiger partial charge in [-0.15, -0.1) is 13.2 Å². The molecule has 1 N–H and O–H groups in total. The minimum absolute atomic E-state index is 0.136. The maximum absolute atomic E-state index is 13.0. The number of anilines is 1. The molecule has 1 atom stereocenters. The molecular weight excluding hydrogens is 505 g/mol. The van der Waals surface area contributed by atoms with Crippen molar-refractivity contribution in [3.8, 4) is 5.75 Å². The molecular formula is C23H14BrF3N2O4. The second-order valence-corrected chi connectivity index (χ2v) is 7.89. The van der Waals surface area contributed by atoms with Crippen molar-refractivity contribution in [1.29, 1.82) is 0 Å². The van der Waals surface area contributed by atoms with E-state index in [0.29, 0.717) is 11.3 Å². The molecule has 1 aliphatic rings. The highest BCUT2D eigenvalue weighted by molar-refractivity contribution is 9.10.